The minimum atomic E-state index is 0.562. The summed E-state index contributed by atoms with van der Waals surface area (Å²) in [5, 5.41) is 8.23. The van der Waals surface area contributed by atoms with Crippen LogP contribution in [-0.2, 0) is 11.3 Å². The molecular weight excluding hydrogens is 232 g/mol. The van der Waals surface area contributed by atoms with Gasteiger partial charge in [0.05, 0.1) is 13.7 Å². The van der Waals surface area contributed by atoms with Crippen LogP contribution in [0.15, 0.2) is 18.2 Å². The third-order valence-electron chi connectivity index (χ3n) is 2.62. The van der Waals surface area contributed by atoms with E-state index in [-0.39, 0.29) is 0 Å². The second kappa shape index (κ2) is 5.59. The van der Waals surface area contributed by atoms with Gasteiger partial charge in [0.25, 0.3) is 0 Å². The lowest BCUT2D eigenvalue weighted by Gasteiger charge is -2.08. The van der Waals surface area contributed by atoms with E-state index in [0.717, 1.165) is 17.3 Å². The van der Waals surface area contributed by atoms with Gasteiger partial charge < -0.3 is 14.0 Å². The Labute approximate surface area is 106 Å². The topological polar surface area (TPSA) is 62.1 Å². The van der Waals surface area contributed by atoms with E-state index in [1.165, 1.54) is 0 Å². The van der Waals surface area contributed by atoms with Crippen LogP contribution >= 0.6 is 0 Å². The molecule has 0 radical (unpaired) electrons. The van der Waals surface area contributed by atoms with Gasteiger partial charge in [0.1, 0.15) is 11.5 Å². The van der Waals surface area contributed by atoms with Gasteiger partial charge in [0.15, 0.2) is 5.82 Å². The summed E-state index contributed by atoms with van der Waals surface area (Å²) in [5.74, 6) is 2.13. The van der Waals surface area contributed by atoms with Gasteiger partial charge in [0, 0.05) is 19.7 Å². The Hall–Kier alpha value is -1.95. The summed E-state index contributed by atoms with van der Waals surface area (Å²) in [6.07, 6.45) is 0. The lowest BCUT2D eigenvalue weighted by Crippen LogP contribution is -2.08. The highest BCUT2D eigenvalue weighted by Crippen LogP contribution is 2.18. The fourth-order valence-electron chi connectivity index (χ4n) is 1.67. The van der Waals surface area contributed by atoms with Crippen molar-refractivity contribution in [3.05, 3.63) is 24.0 Å². The number of nitrogens with zero attached hydrogens (tertiary/aromatic N) is 4. The van der Waals surface area contributed by atoms with E-state index in [1.807, 2.05) is 23.6 Å². The number of methoxy groups -OCH3 is 2. The number of aromatic nitrogens is 4. The molecule has 0 N–H and O–H groups in total. The molecule has 2 aromatic heterocycles. The van der Waals surface area contributed by atoms with Crippen molar-refractivity contribution in [2.45, 2.75) is 13.5 Å². The van der Waals surface area contributed by atoms with Crippen LogP contribution < -0.4 is 4.74 Å². The molecule has 0 saturated heterocycles. The fourth-order valence-corrected chi connectivity index (χ4v) is 1.67. The predicted octanol–water partition coefficient (Wildman–Crippen LogP) is 1.30. The molecular formula is C12H16N4O2. The summed E-state index contributed by atoms with van der Waals surface area (Å²) in [6.45, 7) is 3.21. The highest BCUT2D eigenvalue weighted by Gasteiger charge is 2.12. The van der Waals surface area contributed by atoms with Gasteiger partial charge in [-0.2, -0.15) is 0 Å². The molecule has 2 aromatic rings. The van der Waals surface area contributed by atoms with Crippen molar-refractivity contribution >= 4 is 0 Å². The molecule has 6 nitrogen and oxygen atoms in total. The minimum Gasteiger partial charge on any atom is -0.481 e. The van der Waals surface area contributed by atoms with Gasteiger partial charge in [-0.15, -0.1) is 10.2 Å². The maximum atomic E-state index is 5.11. The highest BCUT2D eigenvalue weighted by molar-refractivity contribution is 5.50. The first-order valence-corrected chi connectivity index (χ1v) is 5.66. The first-order valence-electron chi connectivity index (χ1n) is 5.66. The molecule has 0 amide bonds. The number of hydrogen-bond donors (Lipinski definition) is 0. The minimum absolute atomic E-state index is 0.562. The summed E-state index contributed by atoms with van der Waals surface area (Å²) in [4.78, 5) is 4.36. The van der Waals surface area contributed by atoms with Crippen molar-refractivity contribution in [1.82, 2.24) is 19.7 Å². The normalized spacial score (nSPS) is 10.6. The lowest BCUT2D eigenvalue weighted by molar-refractivity contribution is 0.187. The molecule has 2 heterocycles. The Morgan fingerprint density at radius 2 is 2.06 bits per heavy atom. The fraction of sp³-hybridized carbons (Fsp3) is 0.417. The summed E-state index contributed by atoms with van der Waals surface area (Å²) in [6, 6.07) is 5.56. The average Bonchev–Trinajstić information content (AvgIpc) is 2.77. The van der Waals surface area contributed by atoms with E-state index >= 15 is 0 Å². The summed E-state index contributed by atoms with van der Waals surface area (Å²) in [5.41, 5.74) is 0.742. The number of aryl methyl sites for hydroxylation is 1. The molecule has 0 aliphatic heterocycles. The first-order chi connectivity index (χ1) is 8.76. The molecule has 0 saturated carbocycles. The summed E-state index contributed by atoms with van der Waals surface area (Å²) in [7, 11) is 3.26. The molecule has 0 aromatic carbocycles. The van der Waals surface area contributed by atoms with Crippen LogP contribution in [0.25, 0.3) is 11.5 Å². The zero-order valence-electron chi connectivity index (χ0n) is 10.8. The Kier molecular flexibility index (Phi) is 3.88. The molecule has 0 spiro atoms. The van der Waals surface area contributed by atoms with Gasteiger partial charge in [-0.25, -0.2) is 4.98 Å². The maximum Gasteiger partial charge on any atom is 0.213 e. The maximum absolute atomic E-state index is 5.11. The molecule has 6 heteroatoms. The second-order valence-corrected chi connectivity index (χ2v) is 3.78. The van der Waals surface area contributed by atoms with Crippen molar-refractivity contribution in [1.29, 1.82) is 0 Å². The summed E-state index contributed by atoms with van der Waals surface area (Å²) < 4.78 is 12.2. The SMILES string of the molecule is COCCn1c(C)nnc1-c1cccc(OC)n1. The third-order valence-corrected chi connectivity index (χ3v) is 2.62. The second-order valence-electron chi connectivity index (χ2n) is 3.78. The third kappa shape index (κ3) is 2.48. The van der Waals surface area contributed by atoms with E-state index in [1.54, 1.807) is 20.3 Å². The monoisotopic (exact) mass is 248 g/mol. The van der Waals surface area contributed by atoms with Gasteiger partial charge in [-0.1, -0.05) is 6.07 Å². The molecule has 0 bridgehead atoms. The van der Waals surface area contributed by atoms with Crippen LogP contribution in [0.5, 0.6) is 5.88 Å². The summed E-state index contributed by atoms with van der Waals surface area (Å²) >= 11 is 0. The zero-order chi connectivity index (χ0) is 13.0. The standard InChI is InChI=1S/C12H16N4O2/c1-9-14-15-12(16(9)7-8-17-2)10-5-4-6-11(13-10)18-3/h4-6H,7-8H2,1-3H3. The molecule has 96 valence electrons. The van der Waals surface area contributed by atoms with Gasteiger partial charge in [0.2, 0.25) is 5.88 Å². The quantitative estimate of drug-likeness (QED) is 0.798. The number of ether oxygens (including phenoxy) is 2. The molecule has 0 unspecified atom stereocenters. The van der Waals surface area contributed by atoms with Crippen LogP contribution in [-0.4, -0.2) is 40.6 Å². The van der Waals surface area contributed by atoms with Gasteiger partial charge in [-0.05, 0) is 13.0 Å². The van der Waals surface area contributed by atoms with Crippen LogP contribution in [0.4, 0.5) is 0 Å². The Morgan fingerprint density at radius 3 is 2.78 bits per heavy atom. The molecule has 0 aliphatic carbocycles. The van der Waals surface area contributed by atoms with E-state index < -0.39 is 0 Å². The van der Waals surface area contributed by atoms with E-state index in [2.05, 4.69) is 15.2 Å². The van der Waals surface area contributed by atoms with Crippen molar-refractivity contribution < 1.29 is 9.47 Å². The van der Waals surface area contributed by atoms with E-state index in [4.69, 9.17) is 9.47 Å². The Morgan fingerprint density at radius 1 is 1.22 bits per heavy atom. The smallest absolute Gasteiger partial charge is 0.213 e. The lowest BCUT2D eigenvalue weighted by atomic mass is 10.3. The number of rotatable bonds is 5. The highest BCUT2D eigenvalue weighted by atomic mass is 16.5. The van der Waals surface area contributed by atoms with Crippen molar-refractivity contribution in [2.75, 3.05) is 20.8 Å². The largest absolute Gasteiger partial charge is 0.481 e. The predicted molar refractivity (Wildman–Crippen MR) is 66.4 cm³/mol. The van der Waals surface area contributed by atoms with E-state index in [0.29, 0.717) is 19.0 Å². The van der Waals surface area contributed by atoms with Crippen molar-refractivity contribution in [3.63, 3.8) is 0 Å². The van der Waals surface area contributed by atoms with Crippen molar-refractivity contribution in [3.8, 4) is 17.4 Å². The number of pyridine rings is 1. The number of hydrogen-bond acceptors (Lipinski definition) is 5. The van der Waals surface area contributed by atoms with E-state index in [9.17, 15) is 0 Å². The molecule has 18 heavy (non-hydrogen) atoms. The Bertz CT molecular complexity index is 525. The molecule has 0 aliphatic rings. The van der Waals surface area contributed by atoms with Crippen LogP contribution in [0.1, 0.15) is 5.82 Å². The van der Waals surface area contributed by atoms with Crippen LogP contribution in [0.3, 0.4) is 0 Å². The van der Waals surface area contributed by atoms with Gasteiger partial charge in [-0.3, -0.25) is 0 Å². The Balaban J connectivity index is 2.37. The molecule has 2 rings (SSSR count). The first kappa shape index (κ1) is 12.5. The van der Waals surface area contributed by atoms with Crippen LogP contribution in [0, 0.1) is 6.92 Å². The van der Waals surface area contributed by atoms with Crippen molar-refractivity contribution in [2.24, 2.45) is 0 Å². The average molecular weight is 248 g/mol. The molecule has 0 atom stereocenters. The molecule has 0 fully saturated rings. The van der Waals surface area contributed by atoms with Crippen LogP contribution in [0.2, 0.25) is 0 Å². The zero-order valence-corrected chi connectivity index (χ0v) is 10.8. The van der Waals surface area contributed by atoms with Gasteiger partial charge >= 0.3 is 0 Å².